The summed E-state index contributed by atoms with van der Waals surface area (Å²) in [7, 11) is 0. The molecule has 0 aromatic rings. The average molecular weight is 637 g/mol. The van der Waals surface area contributed by atoms with Gasteiger partial charge in [-0.15, -0.1) is 0 Å². The molecule has 1 N–H and O–H groups in total. The van der Waals surface area contributed by atoms with Gasteiger partial charge in [-0.05, 0) is 0 Å². The second-order valence-electron chi connectivity index (χ2n) is 9.69. The fraction of sp³-hybridized carbons (Fsp3) is 0.731. The van der Waals surface area contributed by atoms with Crippen LogP contribution in [0.2, 0.25) is 0 Å². The topological polar surface area (TPSA) is 232 Å². The van der Waals surface area contributed by atoms with E-state index in [2.05, 4.69) is 0 Å². The third-order valence-corrected chi connectivity index (χ3v) is 5.89. The molecule has 0 aromatic heterocycles. The van der Waals surface area contributed by atoms with Crippen molar-refractivity contribution in [2.24, 2.45) is 0 Å². The lowest BCUT2D eigenvalue weighted by Gasteiger charge is -2.45. The van der Waals surface area contributed by atoms with Crippen LogP contribution in [-0.4, -0.2) is 122 Å². The average Bonchev–Trinajstić information content (AvgIpc) is 2.87. The first-order chi connectivity index (χ1) is 20.5. The highest BCUT2D eigenvalue weighted by Crippen LogP contribution is 2.32. The van der Waals surface area contributed by atoms with E-state index in [4.69, 9.17) is 47.4 Å². The molecular formula is C26H36O18. The first-order valence-electron chi connectivity index (χ1n) is 13.3. The Labute approximate surface area is 251 Å². The van der Waals surface area contributed by atoms with Crippen molar-refractivity contribution in [1.29, 1.82) is 0 Å². The van der Waals surface area contributed by atoms with Crippen molar-refractivity contribution in [1.82, 2.24) is 0 Å². The number of esters is 7. The molecule has 0 amide bonds. The van der Waals surface area contributed by atoms with Crippen molar-refractivity contribution in [3.63, 3.8) is 0 Å². The van der Waals surface area contributed by atoms with Gasteiger partial charge < -0.3 is 52.5 Å². The quantitative estimate of drug-likeness (QED) is 0.203. The van der Waals surface area contributed by atoms with Gasteiger partial charge in [-0.25, -0.2) is 0 Å². The maximum atomic E-state index is 12.1. The molecule has 2 rings (SSSR count). The third-order valence-electron chi connectivity index (χ3n) is 5.89. The molecule has 18 heteroatoms. The standard InChI is InChI=1S/C26H36O18/c1-10(27)35-8-18-20(38-12(3)29)22(40-14(5)31)24(42-16(7)33)26(44-18)36-9-17-19(37-11(2)28)21(39-13(4)30)23(25(34)43-17)41-15(6)32/h17-26,34H,8-9H2,1-7H3/t17-,18-,19+,20+,21+,22+,23-,24-,25-,26-/m1/s1. The highest BCUT2D eigenvalue weighted by atomic mass is 16.7. The minimum Gasteiger partial charge on any atom is -0.463 e. The summed E-state index contributed by atoms with van der Waals surface area (Å²) in [6, 6.07) is 0. The summed E-state index contributed by atoms with van der Waals surface area (Å²) in [5, 5.41) is 10.6. The molecule has 0 radical (unpaired) electrons. The highest BCUT2D eigenvalue weighted by molar-refractivity contribution is 5.69. The molecule has 0 saturated carbocycles. The molecule has 2 aliphatic heterocycles. The van der Waals surface area contributed by atoms with E-state index in [-0.39, 0.29) is 0 Å². The molecule has 0 aromatic carbocycles. The van der Waals surface area contributed by atoms with Gasteiger partial charge in [-0.1, -0.05) is 0 Å². The molecule has 2 saturated heterocycles. The van der Waals surface area contributed by atoms with E-state index in [9.17, 15) is 38.7 Å². The molecule has 2 aliphatic rings. The minimum absolute atomic E-state index is 0.523. The fourth-order valence-corrected chi connectivity index (χ4v) is 4.52. The van der Waals surface area contributed by atoms with Crippen molar-refractivity contribution in [3.8, 4) is 0 Å². The lowest BCUT2D eigenvalue weighted by Crippen LogP contribution is -2.64. The fourth-order valence-electron chi connectivity index (χ4n) is 4.52. The monoisotopic (exact) mass is 636 g/mol. The Morgan fingerprint density at radius 2 is 0.841 bits per heavy atom. The van der Waals surface area contributed by atoms with Crippen LogP contribution in [0.3, 0.4) is 0 Å². The zero-order valence-electron chi connectivity index (χ0n) is 25.1. The zero-order chi connectivity index (χ0) is 33.3. The van der Waals surface area contributed by atoms with Crippen LogP contribution < -0.4 is 0 Å². The van der Waals surface area contributed by atoms with Crippen LogP contribution in [0.4, 0.5) is 0 Å². The Bertz CT molecular complexity index is 1090. The van der Waals surface area contributed by atoms with Crippen molar-refractivity contribution < 1.29 is 86.0 Å². The Morgan fingerprint density at radius 1 is 0.477 bits per heavy atom. The van der Waals surface area contributed by atoms with E-state index in [1.165, 1.54) is 0 Å². The molecule has 18 nitrogen and oxygen atoms in total. The molecule has 0 spiro atoms. The van der Waals surface area contributed by atoms with Crippen molar-refractivity contribution >= 4 is 41.8 Å². The number of hydrogen-bond donors (Lipinski definition) is 1. The van der Waals surface area contributed by atoms with Crippen molar-refractivity contribution in [3.05, 3.63) is 0 Å². The van der Waals surface area contributed by atoms with Crippen LogP contribution in [-0.2, 0) is 80.9 Å². The van der Waals surface area contributed by atoms with E-state index in [0.29, 0.717) is 0 Å². The predicted molar refractivity (Wildman–Crippen MR) is 135 cm³/mol. The number of carbonyl (C=O) groups excluding carboxylic acids is 7. The maximum Gasteiger partial charge on any atom is 0.303 e. The summed E-state index contributed by atoms with van der Waals surface area (Å²) in [6.45, 7) is 6.15. The Balaban J connectivity index is 2.48. The maximum absolute atomic E-state index is 12.1. The van der Waals surface area contributed by atoms with Gasteiger partial charge in [0.15, 0.2) is 49.2 Å². The molecule has 10 atom stereocenters. The van der Waals surface area contributed by atoms with Crippen LogP contribution in [0.1, 0.15) is 48.5 Å². The minimum atomic E-state index is -1.90. The number of rotatable bonds is 11. The summed E-state index contributed by atoms with van der Waals surface area (Å²) in [4.78, 5) is 83.0. The molecule has 2 heterocycles. The third kappa shape index (κ3) is 10.7. The van der Waals surface area contributed by atoms with Crippen LogP contribution in [0.5, 0.6) is 0 Å². The van der Waals surface area contributed by atoms with Crippen molar-refractivity contribution in [2.75, 3.05) is 13.2 Å². The normalized spacial score (nSPS) is 31.5. The zero-order valence-corrected chi connectivity index (χ0v) is 25.1. The lowest BCUT2D eigenvalue weighted by molar-refractivity contribution is -0.330. The van der Waals surface area contributed by atoms with Gasteiger partial charge in [-0.3, -0.25) is 33.6 Å². The Hall–Kier alpha value is -3.87. The van der Waals surface area contributed by atoms with Gasteiger partial charge in [-0.2, -0.15) is 0 Å². The number of carbonyl (C=O) groups is 7. The summed E-state index contributed by atoms with van der Waals surface area (Å²) >= 11 is 0. The molecular weight excluding hydrogens is 600 g/mol. The van der Waals surface area contributed by atoms with E-state index < -0.39 is 116 Å². The smallest absolute Gasteiger partial charge is 0.303 e. The first kappa shape index (κ1) is 36.3. The second kappa shape index (κ2) is 16.3. The first-order valence-corrected chi connectivity index (χ1v) is 13.3. The summed E-state index contributed by atoms with van der Waals surface area (Å²) in [6.07, 6.45) is -15.6. The van der Waals surface area contributed by atoms with Gasteiger partial charge in [0.25, 0.3) is 0 Å². The molecule has 44 heavy (non-hydrogen) atoms. The SMILES string of the molecule is CC(=O)OC[C@H]1O[C@@H](OC[C@H]2O[C@@H](O)[C@H](OC(C)=O)[C@@H](OC(C)=O)[C@H]2OC(C)=O)[C@H](OC(C)=O)[C@@H](OC(C)=O)[C@H]1OC(C)=O. The number of ether oxygens (including phenoxy) is 10. The van der Waals surface area contributed by atoms with E-state index in [0.717, 1.165) is 48.5 Å². The van der Waals surface area contributed by atoms with E-state index in [1.54, 1.807) is 0 Å². The number of aliphatic hydroxyl groups excluding tert-OH is 1. The van der Waals surface area contributed by atoms with Gasteiger partial charge in [0.2, 0.25) is 0 Å². The largest absolute Gasteiger partial charge is 0.463 e. The summed E-state index contributed by atoms with van der Waals surface area (Å²) in [5.41, 5.74) is 0. The second-order valence-corrected chi connectivity index (χ2v) is 9.69. The molecule has 2 fully saturated rings. The van der Waals surface area contributed by atoms with Crippen LogP contribution in [0.25, 0.3) is 0 Å². The Morgan fingerprint density at radius 3 is 1.27 bits per heavy atom. The van der Waals surface area contributed by atoms with Gasteiger partial charge in [0.05, 0.1) is 6.61 Å². The van der Waals surface area contributed by atoms with Crippen LogP contribution >= 0.6 is 0 Å². The van der Waals surface area contributed by atoms with Gasteiger partial charge >= 0.3 is 41.8 Å². The van der Waals surface area contributed by atoms with Crippen molar-refractivity contribution in [2.45, 2.75) is 110 Å². The van der Waals surface area contributed by atoms with Crippen LogP contribution in [0.15, 0.2) is 0 Å². The molecule has 0 unspecified atom stereocenters. The molecule has 0 aliphatic carbocycles. The van der Waals surface area contributed by atoms with E-state index >= 15 is 0 Å². The Kier molecular flexibility index (Phi) is 13.4. The molecule has 248 valence electrons. The van der Waals surface area contributed by atoms with Gasteiger partial charge in [0.1, 0.15) is 18.8 Å². The number of aliphatic hydroxyl groups is 1. The highest BCUT2D eigenvalue weighted by Gasteiger charge is 2.55. The van der Waals surface area contributed by atoms with Crippen LogP contribution in [0, 0.1) is 0 Å². The number of hydrogen-bond acceptors (Lipinski definition) is 18. The lowest BCUT2D eigenvalue weighted by atomic mass is 9.97. The summed E-state index contributed by atoms with van der Waals surface area (Å²) in [5.74, 6) is -5.94. The van der Waals surface area contributed by atoms with E-state index in [1.807, 2.05) is 0 Å². The summed E-state index contributed by atoms with van der Waals surface area (Å²) < 4.78 is 53.7. The molecule has 0 bridgehead atoms. The predicted octanol–water partition coefficient (Wildman–Crippen LogP) is -1.40. The van der Waals surface area contributed by atoms with Gasteiger partial charge in [0, 0.05) is 48.5 Å².